The number of thiocarbonyl (C=S) groups is 1. The van der Waals surface area contributed by atoms with Gasteiger partial charge in [0.15, 0.2) is 0 Å². The maximum absolute atomic E-state index is 12.9. The summed E-state index contributed by atoms with van der Waals surface area (Å²) >= 11 is 5.21. The zero-order valence-electron chi connectivity index (χ0n) is 11.2. The number of hydrogen-bond acceptors (Lipinski definition) is 3. The molecule has 0 aromatic heterocycles. The van der Waals surface area contributed by atoms with Crippen molar-refractivity contribution in [1.82, 2.24) is 9.62 Å². The molecule has 1 heterocycles. The Morgan fingerprint density at radius 1 is 1.35 bits per heavy atom. The van der Waals surface area contributed by atoms with Crippen molar-refractivity contribution < 1.29 is 12.8 Å². The van der Waals surface area contributed by atoms with Gasteiger partial charge in [0.25, 0.3) is 0 Å². The van der Waals surface area contributed by atoms with Crippen molar-refractivity contribution in [3.8, 4) is 0 Å². The zero-order valence-corrected chi connectivity index (χ0v) is 12.8. The van der Waals surface area contributed by atoms with Gasteiger partial charge in [-0.15, -0.1) is 0 Å². The fourth-order valence-corrected chi connectivity index (χ4v) is 4.34. The number of halogens is 1. The molecule has 110 valence electrons. The predicted molar refractivity (Wildman–Crippen MR) is 79.6 cm³/mol. The minimum atomic E-state index is -3.64. The standard InChI is InChI=1S/C13H17FN2O2S2/c1-15-13(19)12-4-2-3-9-16(12)20(17,18)11-7-5-10(14)6-8-11/h5-8,12H,2-4,9H2,1H3,(H,15,19)/t12-/m0/s1. The second-order valence-corrected chi connectivity index (χ2v) is 7.03. The molecule has 1 aliphatic heterocycles. The Kier molecular flexibility index (Phi) is 4.72. The van der Waals surface area contributed by atoms with Crippen molar-refractivity contribution >= 4 is 27.2 Å². The highest BCUT2D eigenvalue weighted by atomic mass is 32.2. The van der Waals surface area contributed by atoms with Gasteiger partial charge in [-0.3, -0.25) is 0 Å². The van der Waals surface area contributed by atoms with E-state index in [1.807, 2.05) is 0 Å². The topological polar surface area (TPSA) is 49.4 Å². The van der Waals surface area contributed by atoms with E-state index >= 15 is 0 Å². The van der Waals surface area contributed by atoms with E-state index in [2.05, 4.69) is 5.32 Å². The number of benzene rings is 1. The van der Waals surface area contributed by atoms with Crippen LogP contribution in [-0.2, 0) is 10.0 Å². The smallest absolute Gasteiger partial charge is 0.243 e. The number of piperidine rings is 1. The predicted octanol–water partition coefficient (Wildman–Crippen LogP) is 1.92. The third kappa shape index (κ3) is 2.99. The van der Waals surface area contributed by atoms with Gasteiger partial charge in [-0.05, 0) is 37.1 Å². The molecule has 0 aliphatic carbocycles. The first-order valence-corrected chi connectivity index (χ1v) is 8.30. The summed E-state index contributed by atoms with van der Waals surface area (Å²) in [5, 5.41) is 2.86. The Hall–Kier alpha value is -1.05. The van der Waals surface area contributed by atoms with Crippen LogP contribution < -0.4 is 5.32 Å². The lowest BCUT2D eigenvalue weighted by Crippen LogP contribution is -2.50. The molecular formula is C13H17FN2O2S2. The molecular weight excluding hydrogens is 299 g/mol. The molecule has 1 N–H and O–H groups in total. The van der Waals surface area contributed by atoms with Crippen LogP contribution in [0.2, 0.25) is 0 Å². The number of hydrogen-bond donors (Lipinski definition) is 1. The number of sulfonamides is 1. The van der Waals surface area contributed by atoms with Gasteiger partial charge in [0.05, 0.1) is 15.9 Å². The van der Waals surface area contributed by atoms with Gasteiger partial charge in [0.1, 0.15) is 5.82 Å². The lowest BCUT2D eigenvalue weighted by Gasteiger charge is -2.34. The van der Waals surface area contributed by atoms with E-state index in [0.29, 0.717) is 18.0 Å². The summed E-state index contributed by atoms with van der Waals surface area (Å²) in [5.74, 6) is -0.454. The molecule has 7 heteroatoms. The molecule has 0 spiro atoms. The van der Waals surface area contributed by atoms with Crippen LogP contribution in [0.3, 0.4) is 0 Å². The normalized spacial score (nSPS) is 20.6. The largest absolute Gasteiger partial charge is 0.381 e. The number of nitrogens with one attached hydrogen (secondary N) is 1. The molecule has 1 aromatic rings. The van der Waals surface area contributed by atoms with Crippen molar-refractivity contribution in [2.24, 2.45) is 0 Å². The van der Waals surface area contributed by atoms with E-state index in [9.17, 15) is 12.8 Å². The van der Waals surface area contributed by atoms with Gasteiger partial charge >= 0.3 is 0 Å². The summed E-state index contributed by atoms with van der Waals surface area (Å²) in [6.45, 7) is 0.437. The van der Waals surface area contributed by atoms with Gasteiger partial charge in [-0.1, -0.05) is 18.6 Å². The average molecular weight is 316 g/mol. The number of nitrogens with zero attached hydrogens (tertiary/aromatic N) is 1. The molecule has 1 atom stereocenters. The molecule has 20 heavy (non-hydrogen) atoms. The molecule has 2 rings (SSSR count). The molecule has 1 aliphatic rings. The van der Waals surface area contributed by atoms with Crippen LogP contribution in [-0.4, -0.2) is 37.3 Å². The van der Waals surface area contributed by atoms with Crippen LogP contribution >= 0.6 is 12.2 Å². The highest BCUT2D eigenvalue weighted by Crippen LogP contribution is 2.26. The molecule has 0 bridgehead atoms. The minimum absolute atomic E-state index is 0.102. The third-order valence-corrected chi connectivity index (χ3v) is 5.82. The van der Waals surface area contributed by atoms with Crippen LogP contribution in [0.5, 0.6) is 0 Å². The van der Waals surface area contributed by atoms with Crippen molar-refractivity contribution in [3.05, 3.63) is 30.1 Å². The summed E-state index contributed by atoms with van der Waals surface area (Å²) < 4.78 is 39.6. The van der Waals surface area contributed by atoms with Gasteiger partial charge < -0.3 is 5.32 Å². The fraction of sp³-hybridized carbons (Fsp3) is 0.462. The van der Waals surface area contributed by atoms with Crippen LogP contribution in [0, 0.1) is 5.82 Å². The van der Waals surface area contributed by atoms with Crippen molar-refractivity contribution in [2.45, 2.75) is 30.2 Å². The second kappa shape index (κ2) is 6.15. The van der Waals surface area contributed by atoms with Gasteiger partial charge in [0.2, 0.25) is 10.0 Å². The van der Waals surface area contributed by atoms with Gasteiger partial charge in [0, 0.05) is 13.6 Å². The number of likely N-dealkylation sites (N-methyl/N-ethyl adjacent to an activating group) is 1. The quantitative estimate of drug-likeness (QED) is 0.866. The Morgan fingerprint density at radius 3 is 2.60 bits per heavy atom. The Balaban J connectivity index is 2.35. The van der Waals surface area contributed by atoms with E-state index in [1.165, 1.54) is 16.4 Å². The first-order valence-electron chi connectivity index (χ1n) is 6.46. The SMILES string of the molecule is CNC(=S)[C@@H]1CCCCN1S(=O)(=O)c1ccc(F)cc1. The summed E-state index contributed by atoms with van der Waals surface area (Å²) in [7, 11) is -1.95. The molecule has 0 unspecified atom stereocenters. The Bertz CT molecular complexity index is 587. The Labute approximate surface area is 124 Å². The molecule has 1 aromatic carbocycles. The minimum Gasteiger partial charge on any atom is -0.381 e. The highest BCUT2D eigenvalue weighted by molar-refractivity contribution is 7.89. The second-order valence-electron chi connectivity index (χ2n) is 4.70. The fourth-order valence-electron chi connectivity index (χ4n) is 2.36. The summed E-state index contributed by atoms with van der Waals surface area (Å²) in [6, 6.07) is 4.57. The van der Waals surface area contributed by atoms with Gasteiger partial charge in [-0.2, -0.15) is 4.31 Å². The molecule has 1 saturated heterocycles. The molecule has 4 nitrogen and oxygen atoms in total. The van der Waals surface area contributed by atoms with E-state index in [-0.39, 0.29) is 10.9 Å². The maximum Gasteiger partial charge on any atom is 0.243 e. The lowest BCUT2D eigenvalue weighted by atomic mass is 10.1. The average Bonchev–Trinajstić information content (AvgIpc) is 2.47. The zero-order chi connectivity index (χ0) is 14.8. The van der Waals surface area contributed by atoms with Crippen LogP contribution in [0.4, 0.5) is 4.39 Å². The van der Waals surface area contributed by atoms with Gasteiger partial charge in [-0.25, -0.2) is 12.8 Å². The van der Waals surface area contributed by atoms with E-state index in [0.717, 1.165) is 25.0 Å². The summed E-state index contributed by atoms with van der Waals surface area (Å²) in [6.07, 6.45) is 2.46. The lowest BCUT2D eigenvalue weighted by molar-refractivity contribution is 0.305. The molecule has 0 radical (unpaired) electrons. The van der Waals surface area contributed by atoms with Crippen molar-refractivity contribution in [3.63, 3.8) is 0 Å². The first kappa shape index (κ1) is 15.3. The van der Waals surface area contributed by atoms with E-state index < -0.39 is 15.8 Å². The summed E-state index contributed by atoms with van der Waals surface area (Å²) in [4.78, 5) is 0.625. The third-order valence-electron chi connectivity index (χ3n) is 3.42. The van der Waals surface area contributed by atoms with Crippen LogP contribution in [0.25, 0.3) is 0 Å². The van der Waals surface area contributed by atoms with Crippen LogP contribution in [0.1, 0.15) is 19.3 Å². The monoisotopic (exact) mass is 316 g/mol. The molecule has 0 amide bonds. The molecule has 1 fully saturated rings. The van der Waals surface area contributed by atoms with E-state index in [4.69, 9.17) is 12.2 Å². The summed E-state index contributed by atoms with van der Waals surface area (Å²) in [5.41, 5.74) is 0. The van der Waals surface area contributed by atoms with Crippen molar-refractivity contribution in [2.75, 3.05) is 13.6 Å². The Morgan fingerprint density at radius 2 is 2.00 bits per heavy atom. The molecule has 0 saturated carbocycles. The maximum atomic E-state index is 12.9. The first-order chi connectivity index (χ1) is 9.46. The highest BCUT2D eigenvalue weighted by Gasteiger charge is 2.35. The van der Waals surface area contributed by atoms with E-state index in [1.54, 1.807) is 7.05 Å². The number of rotatable bonds is 3. The van der Waals surface area contributed by atoms with Crippen molar-refractivity contribution in [1.29, 1.82) is 0 Å². The van der Waals surface area contributed by atoms with Crippen LogP contribution in [0.15, 0.2) is 29.2 Å².